The Morgan fingerprint density at radius 2 is 1.29 bits per heavy atom. The fourth-order valence-electron chi connectivity index (χ4n) is 9.35. The lowest BCUT2D eigenvalue weighted by molar-refractivity contribution is 0.271. The van der Waals surface area contributed by atoms with E-state index >= 15 is 0 Å². The van der Waals surface area contributed by atoms with Crippen LogP contribution in [-0.2, 0) is 0 Å². The molecule has 2 aliphatic heterocycles. The van der Waals surface area contributed by atoms with E-state index in [2.05, 4.69) is 161 Å². The molecule has 4 heteroatoms. The molecule has 2 atom stereocenters. The molecule has 0 spiro atoms. The summed E-state index contributed by atoms with van der Waals surface area (Å²) < 4.78 is 12.1. The summed E-state index contributed by atoms with van der Waals surface area (Å²) in [7, 11) is 0. The molecular weight excluding hydrogens is 583 g/mol. The van der Waals surface area contributed by atoms with Gasteiger partial charge in [0.1, 0.15) is 11.9 Å². The minimum absolute atomic E-state index is 0.0175. The predicted molar refractivity (Wildman–Crippen MR) is 201 cm³/mol. The number of allylic oxidation sites excluding steroid dienone is 2. The highest BCUT2D eigenvalue weighted by molar-refractivity contribution is 6.88. The Morgan fingerprint density at radius 3 is 2.21 bits per heavy atom. The SMILES string of the molecule is C1=CC2Oc3c(ccc4c5ccccc5n(B5c6ccccc6-n6c7ccc8ccccc8c7c7c8ccccc8cc5c76)c34)C2C=C1. The number of rotatable bonds is 1. The van der Waals surface area contributed by atoms with Crippen molar-refractivity contribution >= 4 is 82.9 Å². The van der Waals surface area contributed by atoms with Crippen molar-refractivity contribution in [3.8, 4) is 11.4 Å². The topological polar surface area (TPSA) is 19.1 Å². The Labute approximate surface area is 276 Å². The van der Waals surface area contributed by atoms with E-state index in [9.17, 15) is 0 Å². The van der Waals surface area contributed by atoms with Gasteiger partial charge in [0, 0.05) is 44.2 Å². The molecule has 0 amide bonds. The number of ether oxygens (including phenoxy) is 1. The highest BCUT2D eigenvalue weighted by atomic mass is 16.5. The number of fused-ring (bicyclic) bond motifs is 16. The van der Waals surface area contributed by atoms with E-state index < -0.39 is 0 Å². The highest BCUT2D eigenvalue weighted by Gasteiger charge is 2.40. The fourth-order valence-corrected chi connectivity index (χ4v) is 9.35. The number of nitrogens with zero attached hydrogens (tertiary/aromatic N) is 2. The van der Waals surface area contributed by atoms with Crippen LogP contribution in [0.15, 0.2) is 152 Å². The average molecular weight is 611 g/mol. The Morgan fingerprint density at radius 1 is 0.542 bits per heavy atom. The predicted octanol–water partition coefficient (Wildman–Crippen LogP) is 9.14. The van der Waals surface area contributed by atoms with E-state index in [0.29, 0.717) is 0 Å². The molecule has 1 aliphatic carbocycles. The Hall–Kier alpha value is -6.00. The summed E-state index contributed by atoms with van der Waals surface area (Å²) >= 11 is 0. The van der Waals surface area contributed by atoms with E-state index in [1.807, 2.05) is 0 Å². The maximum absolute atomic E-state index is 6.92. The van der Waals surface area contributed by atoms with Crippen molar-refractivity contribution in [1.82, 2.24) is 9.05 Å². The normalized spacial score (nSPS) is 17.5. The van der Waals surface area contributed by atoms with Crippen LogP contribution in [0.4, 0.5) is 0 Å². The van der Waals surface area contributed by atoms with Crippen molar-refractivity contribution < 1.29 is 4.74 Å². The summed E-state index contributed by atoms with van der Waals surface area (Å²) in [6.07, 6.45) is 8.79. The highest BCUT2D eigenvalue weighted by Crippen LogP contribution is 2.48. The van der Waals surface area contributed by atoms with Crippen LogP contribution >= 0.6 is 0 Å². The fraction of sp³-hybridized carbons (Fsp3) is 0.0455. The second kappa shape index (κ2) is 8.87. The van der Waals surface area contributed by atoms with Crippen LogP contribution in [0.3, 0.4) is 0 Å². The monoisotopic (exact) mass is 610 g/mol. The molecule has 12 rings (SSSR count). The van der Waals surface area contributed by atoms with Gasteiger partial charge in [-0.15, -0.1) is 0 Å². The first kappa shape index (κ1) is 25.1. The summed E-state index contributed by atoms with van der Waals surface area (Å²) in [5.74, 6) is 1.24. The third-order valence-corrected chi connectivity index (χ3v) is 11.3. The quantitative estimate of drug-likeness (QED) is 0.170. The molecule has 4 heterocycles. The van der Waals surface area contributed by atoms with Gasteiger partial charge in [-0.05, 0) is 56.7 Å². The summed E-state index contributed by atoms with van der Waals surface area (Å²) in [6, 6.07) is 47.5. The number of aromatic nitrogens is 2. The zero-order valence-electron chi connectivity index (χ0n) is 26.0. The van der Waals surface area contributed by atoms with Gasteiger partial charge in [-0.3, -0.25) is 0 Å². The molecule has 0 fully saturated rings. The van der Waals surface area contributed by atoms with Crippen LogP contribution in [0, 0.1) is 0 Å². The Bertz CT molecular complexity index is 2960. The minimum Gasteiger partial charge on any atom is -0.483 e. The van der Waals surface area contributed by atoms with Crippen molar-refractivity contribution in [3.05, 3.63) is 157 Å². The molecule has 2 aromatic heterocycles. The van der Waals surface area contributed by atoms with Gasteiger partial charge >= 0.3 is 6.85 Å². The lowest BCUT2D eigenvalue weighted by atomic mass is 9.48. The summed E-state index contributed by atoms with van der Waals surface area (Å²) in [6.45, 7) is -0.0670. The van der Waals surface area contributed by atoms with E-state index in [1.165, 1.54) is 87.3 Å². The van der Waals surface area contributed by atoms with Gasteiger partial charge in [0.15, 0.2) is 0 Å². The van der Waals surface area contributed by atoms with Crippen LogP contribution in [0.2, 0.25) is 0 Å². The van der Waals surface area contributed by atoms with Gasteiger partial charge in [0.2, 0.25) is 0 Å². The molecule has 0 saturated carbocycles. The first-order chi connectivity index (χ1) is 23.8. The Kier molecular flexibility index (Phi) is 4.65. The summed E-state index contributed by atoms with van der Waals surface area (Å²) in [5, 5.41) is 10.3. The van der Waals surface area contributed by atoms with E-state index in [-0.39, 0.29) is 18.9 Å². The zero-order chi connectivity index (χ0) is 31.1. The molecule has 9 aromatic rings. The second-order valence-electron chi connectivity index (χ2n) is 13.5. The smallest absolute Gasteiger partial charge is 0.332 e. The third-order valence-electron chi connectivity index (χ3n) is 11.3. The van der Waals surface area contributed by atoms with Crippen LogP contribution < -0.4 is 15.7 Å². The summed E-state index contributed by atoms with van der Waals surface area (Å²) in [4.78, 5) is 0. The van der Waals surface area contributed by atoms with Gasteiger partial charge in [0.25, 0.3) is 0 Å². The number of benzene rings is 7. The summed E-state index contributed by atoms with van der Waals surface area (Å²) in [5.41, 5.74) is 10.1. The van der Waals surface area contributed by atoms with Crippen LogP contribution in [0.1, 0.15) is 11.5 Å². The first-order valence-corrected chi connectivity index (χ1v) is 16.9. The van der Waals surface area contributed by atoms with Gasteiger partial charge in [-0.2, -0.15) is 0 Å². The maximum atomic E-state index is 6.92. The number of hydrogen-bond acceptors (Lipinski definition) is 1. The molecule has 0 radical (unpaired) electrons. The van der Waals surface area contributed by atoms with Crippen molar-refractivity contribution in [2.45, 2.75) is 12.0 Å². The molecule has 2 unspecified atom stereocenters. The van der Waals surface area contributed by atoms with Gasteiger partial charge in [-0.1, -0.05) is 127 Å². The molecule has 0 saturated heterocycles. The number of hydrogen-bond donors (Lipinski definition) is 0. The maximum Gasteiger partial charge on any atom is 0.332 e. The van der Waals surface area contributed by atoms with Gasteiger partial charge in [0.05, 0.1) is 16.6 Å². The second-order valence-corrected chi connectivity index (χ2v) is 13.5. The van der Waals surface area contributed by atoms with E-state index in [1.54, 1.807) is 0 Å². The van der Waals surface area contributed by atoms with Crippen molar-refractivity contribution in [1.29, 1.82) is 0 Å². The zero-order valence-corrected chi connectivity index (χ0v) is 26.0. The molecule has 3 nitrogen and oxygen atoms in total. The van der Waals surface area contributed by atoms with Crippen molar-refractivity contribution in [2.24, 2.45) is 0 Å². The third kappa shape index (κ3) is 2.98. The molecule has 0 bridgehead atoms. The standard InChI is InChI=1S/C44H27BN2O/c1-3-13-28-26(11-1)21-24-38-40(28)41-29-14-4-2-12-27(29)25-35-43(41)46(38)37-19-9-7-17-34(37)45(35)47-36-18-8-5-15-30(36)32-22-23-33-31-16-6-10-20-39(31)48-44(33)42(32)47/h1-25,31,39H. The molecular formula is C44H27BN2O. The van der Waals surface area contributed by atoms with Gasteiger partial charge in [-0.25, -0.2) is 0 Å². The van der Waals surface area contributed by atoms with E-state index in [0.717, 1.165) is 5.75 Å². The van der Waals surface area contributed by atoms with Crippen LogP contribution in [-0.4, -0.2) is 22.0 Å². The van der Waals surface area contributed by atoms with Crippen LogP contribution in [0.25, 0.3) is 70.8 Å². The van der Waals surface area contributed by atoms with Crippen LogP contribution in [0.5, 0.6) is 5.75 Å². The largest absolute Gasteiger partial charge is 0.483 e. The molecule has 0 N–H and O–H groups in total. The first-order valence-electron chi connectivity index (χ1n) is 16.9. The molecule has 222 valence electrons. The molecule has 48 heavy (non-hydrogen) atoms. The Balaban J connectivity index is 1.31. The molecule has 3 aliphatic rings. The average Bonchev–Trinajstić information content (AvgIpc) is 3.81. The lowest BCUT2D eigenvalue weighted by Crippen LogP contribution is -2.53. The number of para-hydroxylation sites is 2. The van der Waals surface area contributed by atoms with Crippen molar-refractivity contribution in [2.75, 3.05) is 0 Å². The van der Waals surface area contributed by atoms with Gasteiger partial charge < -0.3 is 13.8 Å². The molecule has 7 aromatic carbocycles. The van der Waals surface area contributed by atoms with Crippen molar-refractivity contribution in [3.63, 3.8) is 0 Å². The minimum atomic E-state index is -0.0670. The van der Waals surface area contributed by atoms with E-state index in [4.69, 9.17) is 4.74 Å². The lowest BCUT2D eigenvalue weighted by Gasteiger charge is -2.29.